The molecule has 0 saturated heterocycles. The molecule has 1 unspecified atom stereocenters. The second kappa shape index (κ2) is 16.4. The van der Waals surface area contributed by atoms with Gasteiger partial charge in [-0.15, -0.1) is 0 Å². The molecule has 150 valence electrons. The maximum atomic E-state index is 9.00. The molecule has 2 rings (SSSR count). The second-order valence-electron chi connectivity index (χ2n) is 5.19. The maximum Gasteiger partial charge on any atom is 0.130 e. The average Bonchev–Trinajstić information content (AvgIpc) is 3.13. The summed E-state index contributed by atoms with van der Waals surface area (Å²) in [5.41, 5.74) is 3.40. The van der Waals surface area contributed by atoms with E-state index in [1.807, 2.05) is 51.1 Å². The summed E-state index contributed by atoms with van der Waals surface area (Å²) < 4.78 is 0. The number of allylic oxidation sites excluding steroid dienone is 5. The molecular formula is C22H34N2O2S. The summed E-state index contributed by atoms with van der Waals surface area (Å²) in [6, 6.07) is 10.4. The van der Waals surface area contributed by atoms with Crippen molar-refractivity contribution in [1.29, 1.82) is 0 Å². The van der Waals surface area contributed by atoms with Crippen LogP contribution in [0, 0.1) is 0 Å². The highest BCUT2D eigenvalue weighted by atomic mass is 32.2. The Morgan fingerprint density at radius 3 is 2.48 bits per heavy atom. The largest absolute Gasteiger partial charge is 0.400 e. The Morgan fingerprint density at radius 1 is 1.22 bits per heavy atom. The van der Waals surface area contributed by atoms with Gasteiger partial charge in [0.05, 0.1) is 12.3 Å². The van der Waals surface area contributed by atoms with Gasteiger partial charge in [-0.05, 0) is 18.1 Å². The van der Waals surface area contributed by atoms with Gasteiger partial charge in [-0.25, -0.2) is 0 Å². The second-order valence-corrected chi connectivity index (χ2v) is 6.39. The molecule has 0 saturated carbocycles. The molecule has 0 amide bonds. The van der Waals surface area contributed by atoms with Crippen molar-refractivity contribution in [3.05, 3.63) is 83.0 Å². The molecule has 1 heterocycles. The number of hydrogen-bond acceptors (Lipinski definition) is 5. The quantitative estimate of drug-likeness (QED) is 0.506. The van der Waals surface area contributed by atoms with Crippen molar-refractivity contribution in [2.24, 2.45) is 0 Å². The molecule has 0 radical (unpaired) electrons. The fraction of sp³-hybridized carbons (Fsp3) is 0.364. The van der Waals surface area contributed by atoms with Crippen LogP contribution in [0.2, 0.25) is 0 Å². The molecule has 1 aliphatic rings. The van der Waals surface area contributed by atoms with E-state index in [1.54, 1.807) is 11.8 Å². The molecule has 0 aromatic heterocycles. The van der Waals surface area contributed by atoms with E-state index in [0.29, 0.717) is 6.54 Å². The maximum absolute atomic E-state index is 9.00. The zero-order chi connectivity index (χ0) is 20.5. The number of benzene rings is 1. The van der Waals surface area contributed by atoms with Gasteiger partial charge in [0.2, 0.25) is 0 Å². The molecule has 4 nitrogen and oxygen atoms in total. The number of aliphatic hydroxyl groups excluding tert-OH is 2. The lowest BCUT2D eigenvalue weighted by Crippen LogP contribution is -2.37. The van der Waals surface area contributed by atoms with Crippen molar-refractivity contribution in [2.75, 3.05) is 20.3 Å². The van der Waals surface area contributed by atoms with E-state index in [4.69, 9.17) is 10.2 Å². The fourth-order valence-electron chi connectivity index (χ4n) is 2.28. The van der Waals surface area contributed by atoms with Gasteiger partial charge in [-0.3, -0.25) is 5.32 Å². The Morgan fingerprint density at radius 2 is 1.89 bits per heavy atom. The fourth-order valence-corrected chi connectivity index (χ4v) is 3.50. The average molecular weight is 391 g/mol. The zero-order valence-corrected chi connectivity index (χ0v) is 17.7. The molecule has 1 atom stereocenters. The third kappa shape index (κ3) is 9.63. The molecule has 1 aromatic rings. The van der Waals surface area contributed by atoms with Crippen LogP contribution in [0.1, 0.15) is 26.3 Å². The van der Waals surface area contributed by atoms with Gasteiger partial charge in [-0.2, -0.15) is 0 Å². The Balaban J connectivity index is 0.00000158. The van der Waals surface area contributed by atoms with Gasteiger partial charge in [0.25, 0.3) is 0 Å². The highest BCUT2D eigenvalue weighted by Crippen LogP contribution is 2.34. The van der Waals surface area contributed by atoms with E-state index in [2.05, 4.69) is 41.5 Å². The number of hydrogen-bond donors (Lipinski definition) is 4. The first-order valence-electron chi connectivity index (χ1n) is 9.22. The molecule has 0 fully saturated rings. The van der Waals surface area contributed by atoms with E-state index < -0.39 is 0 Å². The topological polar surface area (TPSA) is 64.5 Å². The van der Waals surface area contributed by atoms with Crippen molar-refractivity contribution in [3.63, 3.8) is 0 Å². The lowest BCUT2D eigenvalue weighted by molar-refractivity contribution is 0.289. The summed E-state index contributed by atoms with van der Waals surface area (Å²) in [6.07, 6.45) is 8.87. The van der Waals surface area contributed by atoms with Gasteiger partial charge in [0, 0.05) is 25.0 Å². The van der Waals surface area contributed by atoms with Crippen molar-refractivity contribution >= 4 is 11.8 Å². The summed E-state index contributed by atoms with van der Waals surface area (Å²) in [5.74, 6) is 0. The summed E-state index contributed by atoms with van der Waals surface area (Å²) in [6.45, 7) is 10.9. The molecule has 4 N–H and O–H groups in total. The summed E-state index contributed by atoms with van der Waals surface area (Å²) >= 11 is 1.75. The van der Waals surface area contributed by atoms with Crippen molar-refractivity contribution < 1.29 is 10.2 Å². The van der Waals surface area contributed by atoms with Crippen LogP contribution in [0.15, 0.2) is 77.4 Å². The minimum absolute atomic E-state index is 0.0720. The smallest absolute Gasteiger partial charge is 0.130 e. The Labute approximate surface area is 168 Å². The first-order chi connectivity index (χ1) is 13.2. The Bertz CT molecular complexity index is 610. The van der Waals surface area contributed by atoms with Crippen LogP contribution in [0.3, 0.4) is 0 Å². The van der Waals surface area contributed by atoms with Gasteiger partial charge in [0.1, 0.15) is 5.50 Å². The molecular weight excluding hydrogens is 356 g/mol. The molecule has 1 aliphatic heterocycles. The SMILES string of the molecule is C=C(/C=C\C=C/C)C1=C(Cc2ccccc2)SC(NCCO)N1.CC.CO. The van der Waals surface area contributed by atoms with E-state index >= 15 is 0 Å². The third-order valence-corrected chi connectivity index (χ3v) is 4.54. The standard InChI is InChI=1S/C19H24N2OS.C2H6.CH4O/c1-3-4-6-9-15(2)18-17(14-16-10-7-5-8-11-16)23-19(21-18)20-12-13-22;2*1-2/h3-11,19-22H,2,12-14H2,1H3;1-2H3;2H,1H3/b4-3-,9-6-;;. The first kappa shape index (κ1) is 25.2. The van der Waals surface area contributed by atoms with Gasteiger partial charge in [-0.1, -0.05) is 86.8 Å². The first-order valence-corrected chi connectivity index (χ1v) is 10.1. The Kier molecular flexibility index (Phi) is 15.3. The lowest BCUT2D eigenvalue weighted by Gasteiger charge is -2.13. The third-order valence-electron chi connectivity index (χ3n) is 3.39. The van der Waals surface area contributed by atoms with E-state index in [-0.39, 0.29) is 12.1 Å². The highest BCUT2D eigenvalue weighted by Gasteiger charge is 2.24. The monoisotopic (exact) mass is 390 g/mol. The van der Waals surface area contributed by atoms with Crippen molar-refractivity contribution in [2.45, 2.75) is 32.7 Å². The number of nitrogens with one attached hydrogen (secondary N) is 2. The predicted molar refractivity (Wildman–Crippen MR) is 119 cm³/mol. The summed E-state index contributed by atoms with van der Waals surface area (Å²) in [5, 5.41) is 22.7. The van der Waals surface area contributed by atoms with Crippen molar-refractivity contribution in [3.8, 4) is 0 Å². The predicted octanol–water partition coefficient (Wildman–Crippen LogP) is 3.97. The van der Waals surface area contributed by atoms with Gasteiger partial charge < -0.3 is 15.5 Å². The van der Waals surface area contributed by atoms with Crippen LogP contribution < -0.4 is 10.6 Å². The van der Waals surface area contributed by atoms with Crippen LogP contribution in [0.25, 0.3) is 0 Å². The lowest BCUT2D eigenvalue weighted by atomic mass is 10.1. The molecule has 0 bridgehead atoms. The van der Waals surface area contributed by atoms with Crippen LogP contribution in [0.4, 0.5) is 0 Å². The molecule has 0 spiro atoms. The van der Waals surface area contributed by atoms with Crippen molar-refractivity contribution in [1.82, 2.24) is 10.6 Å². The summed E-state index contributed by atoms with van der Waals surface area (Å²) in [7, 11) is 1.00. The molecule has 0 aliphatic carbocycles. The number of rotatable bonds is 8. The Hall–Kier alpha value is -1.79. The van der Waals surface area contributed by atoms with Crippen LogP contribution in [-0.2, 0) is 6.42 Å². The minimum Gasteiger partial charge on any atom is -0.400 e. The summed E-state index contributed by atoms with van der Waals surface area (Å²) in [4.78, 5) is 1.27. The van der Waals surface area contributed by atoms with Gasteiger partial charge in [0.15, 0.2) is 0 Å². The number of thioether (sulfide) groups is 1. The van der Waals surface area contributed by atoms with Crippen LogP contribution in [0.5, 0.6) is 0 Å². The van der Waals surface area contributed by atoms with E-state index in [0.717, 1.165) is 24.8 Å². The molecule has 27 heavy (non-hydrogen) atoms. The minimum atomic E-state index is 0.0720. The number of aliphatic hydroxyl groups is 2. The van der Waals surface area contributed by atoms with E-state index in [9.17, 15) is 0 Å². The molecule has 5 heteroatoms. The van der Waals surface area contributed by atoms with Gasteiger partial charge >= 0.3 is 0 Å². The van der Waals surface area contributed by atoms with Crippen LogP contribution in [-0.4, -0.2) is 36.0 Å². The van der Waals surface area contributed by atoms with Crippen LogP contribution >= 0.6 is 11.8 Å². The normalized spacial score (nSPS) is 15.9. The molecule has 1 aromatic carbocycles. The highest BCUT2D eigenvalue weighted by molar-refractivity contribution is 8.03. The zero-order valence-electron chi connectivity index (χ0n) is 16.9. The van der Waals surface area contributed by atoms with E-state index in [1.165, 1.54) is 10.5 Å².